The van der Waals surface area contributed by atoms with Gasteiger partial charge in [-0.05, 0) is 33.6 Å². The molecule has 0 bridgehead atoms. The van der Waals surface area contributed by atoms with Crippen LogP contribution in [0.25, 0.3) is 0 Å². The highest BCUT2D eigenvalue weighted by molar-refractivity contribution is 5.80. The summed E-state index contributed by atoms with van der Waals surface area (Å²) in [6, 6.07) is -1.10. The minimum Gasteiger partial charge on any atom is -0.480 e. The van der Waals surface area contributed by atoms with Crippen molar-refractivity contribution in [3.05, 3.63) is 5.70 Å². The van der Waals surface area contributed by atoms with E-state index in [9.17, 15) is 14.4 Å². The number of ether oxygens (including phenoxy) is 1. The predicted molar refractivity (Wildman–Crippen MR) is 70.7 cm³/mol. The summed E-state index contributed by atoms with van der Waals surface area (Å²) in [5, 5.41) is 14.3. The fourth-order valence-electron chi connectivity index (χ4n) is 1.98. The van der Waals surface area contributed by atoms with E-state index in [1.165, 1.54) is 0 Å². The van der Waals surface area contributed by atoms with Crippen molar-refractivity contribution in [3.63, 3.8) is 0 Å². The van der Waals surface area contributed by atoms with Crippen LogP contribution in [-0.2, 0) is 14.3 Å². The van der Waals surface area contributed by atoms with Gasteiger partial charge in [-0.15, -0.1) is 0 Å². The van der Waals surface area contributed by atoms with E-state index in [0.29, 0.717) is 18.7 Å². The average Bonchev–Trinajstić information content (AvgIpc) is 2.72. The van der Waals surface area contributed by atoms with Gasteiger partial charge in [0.25, 0.3) is 0 Å². The molecule has 1 aliphatic heterocycles. The van der Waals surface area contributed by atoms with Crippen molar-refractivity contribution in [2.45, 2.75) is 45.3 Å². The lowest BCUT2D eigenvalue weighted by Gasteiger charge is -2.23. The molecule has 1 aliphatic rings. The Balaban J connectivity index is 2.64. The van der Waals surface area contributed by atoms with Crippen molar-refractivity contribution in [1.82, 2.24) is 10.6 Å². The summed E-state index contributed by atoms with van der Waals surface area (Å²) in [6.07, 6.45) is -0.0104. The minimum absolute atomic E-state index is 0.131. The zero-order valence-corrected chi connectivity index (χ0v) is 11.9. The molecular weight excluding hydrogens is 264 g/mol. The number of carboxylic acid groups (broad SMARTS) is 1. The van der Waals surface area contributed by atoms with E-state index in [1.807, 2.05) is 0 Å². The number of nitrogens with one attached hydrogen (secondary N) is 2. The quantitative estimate of drug-likeness (QED) is 0.656. The summed E-state index contributed by atoms with van der Waals surface area (Å²) in [5.41, 5.74) is -0.335. The fraction of sp³-hybridized carbons (Fsp3) is 0.692. The maximum Gasteiger partial charge on any atom is 0.408 e. The van der Waals surface area contributed by atoms with Gasteiger partial charge in [-0.2, -0.15) is 0 Å². The van der Waals surface area contributed by atoms with Crippen molar-refractivity contribution < 1.29 is 24.2 Å². The minimum atomic E-state index is -1.16. The monoisotopic (exact) mass is 284 g/mol. The van der Waals surface area contributed by atoms with Crippen molar-refractivity contribution >= 4 is 18.0 Å². The summed E-state index contributed by atoms with van der Waals surface area (Å²) in [5.74, 6) is 0.376. The lowest BCUT2D eigenvalue weighted by molar-refractivity contribution is -0.139. The average molecular weight is 284 g/mol. The van der Waals surface area contributed by atoms with Crippen LogP contribution in [0.2, 0.25) is 0 Å². The maximum absolute atomic E-state index is 11.6. The Morgan fingerprint density at radius 2 is 2.20 bits per heavy atom. The first-order chi connectivity index (χ1) is 9.23. The van der Waals surface area contributed by atoms with Gasteiger partial charge >= 0.3 is 12.1 Å². The topological polar surface area (TPSA) is 105 Å². The summed E-state index contributed by atoms with van der Waals surface area (Å²) in [6.45, 7) is 5.68. The highest BCUT2D eigenvalue weighted by Gasteiger charge is 2.30. The number of aliphatic carboxylic acids is 1. The van der Waals surface area contributed by atoms with Crippen LogP contribution in [0.4, 0.5) is 4.79 Å². The summed E-state index contributed by atoms with van der Waals surface area (Å²) in [4.78, 5) is 33.5. The van der Waals surface area contributed by atoms with Crippen LogP contribution in [-0.4, -0.2) is 41.3 Å². The number of carbonyl (C=O) groups is 2. The Hall–Kier alpha value is -2.01. The second kappa shape index (κ2) is 6.43. The molecule has 112 valence electrons. The van der Waals surface area contributed by atoms with E-state index < -0.39 is 23.7 Å². The Kier molecular flexibility index (Phi) is 5.16. The first-order valence-corrected chi connectivity index (χ1v) is 6.44. The zero-order valence-electron chi connectivity index (χ0n) is 11.9. The van der Waals surface area contributed by atoms with Gasteiger partial charge in [-0.1, -0.05) is 0 Å². The molecule has 0 spiro atoms. The van der Waals surface area contributed by atoms with E-state index >= 15 is 0 Å². The molecule has 0 aliphatic carbocycles. The number of allylic oxidation sites excluding steroid dienone is 1. The standard InChI is InChI=1S/C13H20N2O5/c1-13(2,3)20-12(19)15-9(11(17)18)6-8-4-5-14-10(8)7-16/h8-9,14H,4-6H2,1-3H3,(H,15,19)(H,17,18)/t8-,9-/m0/s1. The molecule has 7 nitrogen and oxygen atoms in total. The van der Waals surface area contributed by atoms with Gasteiger partial charge in [-0.25, -0.2) is 14.4 Å². The molecule has 1 amide bonds. The smallest absolute Gasteiger partial charge is 0.408 e. The second-order valence-electron chi connectivity index (χ2n) is 5.70. The van der Waals surface area contributed by atoms with E-state index in [2.05, 4.69) is 10.6 Å². The summed E-state index contributed by atoms with van der Waals surface area (Å²) >= 11 is 0. The number of alkyl carbamates (subject to hydrolysis) is 1. The van der Waals surface area contributed by atoms with E-state index in [4.69, 9.17) is 9.84 Å². The first kappa shape index (κ1) is 16.0. The lowest BCUT2D eigenvalue weighted by Crippen LogP contribution is -2.44. The number of hydrogen-bond acceptors (Lipinski definition) is 5. The van der Waals surface area contributed by atoms with Gasteiger partial charge in [0.15, 0.2) is 0 Å². The molecule has 0 aromatic heterocycles. The van der Waals surface area contributed by atoms with Crippen LogP contribution in [0.1, 0.15) is 33.6 Å². The molecule has 3 N–H and O–H groups in total. The molecule has 0 unspecified atom stereocenters. The largest absolute Gasteiger partial charge is 0.480 e. The van der Waals surface area contributed by atoms with Crippen molar-refractivity contribution in [2.75, 3.05) is 6.54 Å². The molecule has 7 heteroatoms. The third-order valence-corrected chi connectivity index (χ3v) is 2.84. The van der Waals surface area contributed by atoms with Gasteiger partial charge in [0.05, 0.1) is 5.70 Å². The third kappa shape index (κ3) is 4.93. The van der Waals surface area contributed by atoms with Crippen molar-refractivity contribution in [3.8, 4) is 0 Å². The Morgan fingerprint density at radius 3 is 2.70 bits per heavy atom. The van der Waals surface area contributed by atoms with E-state index in [0.717, 1.165) is 0 Å². The molecule has 20 heavy (non-hydrogen) atoms. The van der Waals surface area contributed by atoms with Gasteiger partial charge in [0.1, 0.15) is 17.6 Å². The highest BCUT2D eigenvalue weighted by atomic mass is 16.6. The SMILES string of the molecule is CC(C)(C)OC(=O)N[C@@H](C[C@@H]1CCNC1=C=O)C(=O)O. The predicted octanol–water partition coefficient (Wildman–Crippen LogP) is 0.679. The molecule has 0 saturated carbocycles. The molecule has 0 radical (unpaired) electrons. The number of carboxylic acids is 1. The Morgan fingerprint density at radius 1 is 1.55 bits per heavy atom. The number of rotatable bonds is 4. The molecule has 1 heterocycles. The summed E-state index contributed by atoms with van der Waals surface area (Å²) < 4.78 is 5.02. The van der Waals surface area contributed by atoms with Crippen LogP contribution >= 0.6 is 0 Å². The van der Waals surface area contributed by atoms with Crippen LogP contribution < -0.4 is 10.6 Å². The van der Waals surface area contributed by atoms with Crippen molar-refractivity contribution in [2.24, 2.45) is 5.92 Å². The zero-order chi connectivity index (χ0) is 15.3. The summed E-state index contributed by atoms with van der Waals surface area (Å²) in [7, 11) is 0. The van der Waals surface area contributed by atoms with Gasteiger partial charge in [-0.3, -0.25) is 0 Å². The van der Waals surface area contributed by atoms with Gasteiger partial charge in [0.2, 0.25) is 0 Å². The molecular formula is C13H20N2O5. The molecule has 2 atom stereocenters. The molecule has 0 aromatic carbocycles. The van der Waals surface area contributed by atoms with Crippen LogP contribution in [0, 0.1) is 5.92 Å². The van der Waals surface area contributed by atoms with Gasteiger partial charge < -0.3 is 20.5 Å². The lowest BCUT2D eigenvalue weighted by atomic mass is 9.97. The Bertz CT molecular complexity index is 435. The van der Waals surface area contributed by atoms with E-state index in [1.54, 1.807) is 26.7 Å². The van der Waals surface area contributed by atoms with Gasteiger partial charge in [0, 0.05) is 12.5 Å². The molecule has 1 rings (SSSR count). The molecule has 1 fully saturated rings. The maximum atomic E-state index is 11.6. The molecule has 0 aromatic rings. The fourth-order valence-corrected chi connectivity index (χ4v) is 1.98. The highest BCUT2D eigenvalue weighted by Crippen LogP contribution is 2.22. The number of amides is 1. The van der Waals surface area contributed by atoms with Crippen LogP contribution in [0.3, 0.4) is 0 Å². The third-order valence-electron chi connectivity index (χ3n) is 2.84. The van der Waals surface area contributed by atoms with Crippen LogP contribution in [0.5, 0.6) is 0 Å². The van der Waals surface area contributed by atoms with E-state index in [-0.39, 0.29) is 12.3 Å². The second-order valence-corrected chi connectivity index (χ2v) is 5.70. The van der Waals surface area contributed by atoms with Crippen molar-refractivity contribution in [1.29, 1.82) is 0 Å². The normalized spacial score (nSPS) is 19.8. The molecule has 1 saturated heterocycles. The number of carbonyl (C=O) groups excluding carboxylic acids is 2. The number of hydrogen-bond donors (Lipinski definition) is 3. The first-order valence-electron chi connectivity index (χ1n) is 6.44. The van der Waals surface area contributed by atoms with Crippen LogP contribution in [0.15, 0.2) is 5.70 Å². The Labute approximate surface area is 117 Å².